The Labute approximate surface area is 141 Å². The first kappa shape index (κ1) is 16.7. The molecule has 5 heteroatoms. The van der Waals surface area contributed by atoms with Crippen LogP contribution in [0.15, 0.2) is 47.4 Å². The Balaban J connectivity index is 2.04. The summed E-state index contributed by atoms with van der Waals surface area (Å²) in [6.45, 7) is 0.728. The largest absolute Gasteiger partial charge is 0.469 e. The first-order valence-corrected chi connectivity index (χ1v) is 7.78. The molecule has 3 nitrogen and oxygen atoms in total. The number of thiol groups is 1. The van der Waals surface area contributed by atoms with Crippen molar-refractivity contribution in [2.24, 2.45) is 0 Å². The highest BCUT2D eigenvalue weighted by Crippen LogP contribution is 2.22. The van der Waals surface area contributed by atoms with Crippen molar-refractivity contribution in [1.29, 1.82) is 0 Å². The highest BCUT2D eigenvalue weighted by atomic mass is 35.5. The number of halogens is 1. The molecule has 0 saturated heterocycles. The minimum Gasteiger partial charge on any atom is -0.469 e. The normalized spacial score (nSPS) is 10.3. The summed E-state index contributed by atoms with van der Waals surface area (Å²) < 4.78 is 4.72. The molecule has 1 N–H and O–H groups in total. The third-order valence-electron chi connectivity index (χ3n) is 3.34. The van der Waals surface area contributed by atoms with Gasteiger partial charge >= 0.3 is 5.97 Å². The van der Waals surface area contributed by atoms with Gasteiger partial charge in [-0.2, -0.15) is 0 Å². The number of carbonyl (C=O) groups is 1. The van der Waals surface area contributed by atoms with Crippen LogP contribution in [-0.2, 0) is 22.4 Å². The molecule has 0 radical (unpaired) electrons. The monoisotopic (exact) mass is 335 g/mol. The molecule has 22 heavy (non-hydrogen) atoms. The Kier molecular flexibility index (Phi) is 6.16. The molecule has 0 bridgehead atoms. The summed E-state index contributed by atoms with van der Waals surface area (Å²) in [4.78, 5) is 12.4. The fourth-order valence-corrected chi connectivity index (χ4v) is 2.59. The van der Waals surface area contributed by atoms with Crippen LogP contribution in [0, 0.1) is 0 Å². The van der Waals surface area contributed by atoms with Gasteiger partial charge in [-0.3, -0.25) is 4.79 Å². The number of nitrogens with one attached hydrogen (secondary N) is 1. The van der Waals surface area contributed by atoms with Gasteiger partial charge in [0.05, 0.1) is 13.5 Å². The lowest BCUT2D eigenvalue weighted by atomic mass is 10.1. The summed E-state index contributed by atoms with van der Waals surface area (Å²) >= 11 is 10.5. The van der Waals surface area contributed by atoms with E-state index in [9.17, 15) is 4.79 Å². The molecule has 0 aliphatic rings. The molecule has 0 aliphatic heterocycles. The molecule has 0 aromatic heterocycles. The second-order valence-electron chi connectivity index (χ2n) is 4.86. The third-order valence-corrected chi connectivity index (χ3v) is 4.01. The van der Waals surface area contributed by atoms with Crippen molar-refractivity contribution >= 4 is 35.9 Å². The van der Waals surface area contributed by atoms with Gasteiger partial charge in [0.25, 0.3) is 0 Å². The highest BCUT2D eigenvalue weighted by molar-refractivity contribution is 7.80. The quantitative estimate of drug-likeness (QED) is 0.619. The van der Waals surface area contributed by atoms with Crippen molar-refractivity contribution in [1.82, 2.24) is 0 Å². The van der Waals surface area contributed by atoms with E-state index in [-0.39, 0.29) is 12.4 Å². The summed E-state index contributed by atoms with van der Waals surface area (Å²) in [6.07, 6.45) is 1.06. The van der Waals surface area contributed by atoms with E-state index in [1.54, 1.807) is 6.07 Å². The molecule has 0 atom stereocenters. The van der Waals surface area contributed by atoms with Crippen LogP contribution in [0.2, 0.25) is 5.02 Å². The molecule has 2 aromatic rings. The van der Waals surface area contributed by atoms with Crippen LogP contribution in [0.5, 0.6) is 0 Å². The van der Waals surface area contributed by atoms with Crippen LogP contribution in [0.3, 0.4) is 0 Å². The first-order valence-electron chi connectivity index (χ1n) is 6.96. The van der Waals surface area contributed by atoms with Crippen molar-refractivity contribution in [2.45, 2.75) is 17.7 Å². The summed E-state index contributed by atoms with van der Waals surface area (Å²) in [5.41, 5.74) is 2.90. The molecule has 2 aromatic carbocycles. The van der Waals surface area contributed by atoms with E-state index >= 15 is 0 Å². The number of carbonyl (C=O) groups excluding carboxylic acids is 1. The fraction of sp³-hybridized carbons (Fsp3) is 0.235. The van der Waals surface area contributed by atoms with Crippen LogP contribution in [-0.4, -0.2) is 19.6 Å². The molecule has 2 rings (SSSR count). The maximum absolute atomic E-state index is 11.5. The second kappa shape index (κ2) is 8.11. The van der Waals surface area contributed by atoms with Crippen LogP contribution in [0.1, 0.15) is 11.1 Å². The number of esters is 1. The Hall–Kier alpha value is -1.65. The zero-order valence-electron chi connectivity index (χ0n) is 12.3. The van der Waals surface area contributed by atoms with Crippen LogP contribution in [0.25, 0.3) is 0 Å². The van der Waals surface area contributed by atoms with E-state index in [4.69, 9.17) is 16.3 Å². The summed E-state index contributed by atoms with van der Waals surface area (Å²) in [5, 5.41) is 3.96. The van der Waals surface area contributed by atoms with Crippen molar-refractivity contribution in [3.05, 3.63) is 58.6 Å². The predicted molar refractivity (Wildman–Crippen MR) is 93.1 cm³/mol. The number of ether oxygens (including phenoxy) is 1. The SMILES string of the molecule is COC(=O)Cc1ccc(Cl)cc1NCCc1ccccc1S. The summed E-state index contributed by atoms with van der Waals surface area (Å²) in [5.74, 6) is -0.272. The Morgan fingerprint density at radius 2 is 2.00 bits per heavy atom. The molecule has 0 aliphatic carbocycles. The molecule has 116 valence electrons. The van der Waals surface area contributed by atoms with E-state index in [1.807, 2.05) is 30.3 Å². The minimum absolute atomic E-state index is 0.221. The molecular formula is C17H18ClNO2S. The zero-order chi connectivity index (χ0) is 15.9. The molecule has 0 unspecified atom stereocenters. The number of hydrogen-bond donors (Lipinski definition) is 2. The number of hydrogen-bond acceptors (Lipinski definition) is 4. The maximum atomic E-state index is 11.5. The minimum atomic E-state index is -0.272. The van der Waals surface area contributed by atoms with Gasteiger partial charge in [0.15, 0.2) is 0 Å². The van der Waals surface area contributed by atoms with Gasteiger partial charge in [-0.05, 0) is 35.7 Å². The Morgan fingerprint density at radius 3 is 2.73 bits per heavy atom. The van der Waals surface area contributed by atoms with Gasteiger partial charge in [-0.25, -0.2) is 0 Å². The summed E-state index contributed by atoms with van der Waals surface area (Å²) in [6, 6.07) is 13.4. The van der Waals surface area contributed by atoms with Crippen LogP contribution < -0.4 is 5.32 Å². The zero-order valence-corrected chi connectivity index (χ0v) is 14.0. The van der Waals surface area contributed by atoms with Gasteiger partial charge in [-0.15, -0.1) is 12.6 Å². The van der Waals surface area contributed by atoms with E-state index < -0.39 is 0 Å². The van der Waals surface area contributed by atoms with Crippen molar-refractivity contribution in [2.75, 3.05) is 19.0 Å². The molecule has 0 saturated carbocycles. The van der Waals surface area contributed by atoms with Crippen LogP contribution >= 0.6 is 24.2 Å². The fourth-order valence-electron chi connectivity index (χ4n) is 2.15. The second-order valence-corrected chi connectivity index (χ2v) is 5.78. The number of benzene rings is 2. The van der Waals surface area contributed by atoms with Gasteiger partial charge in [-0.1, -0.05) is 35.9 Å². The smallest absolute Gasteiger partial charge is 0.310 e. The Bertz CT molecular complexity index is 661. The van der Waals surface area contributed by atoms with Crippen molar-refractivity contribution < 1.29 is 9.53 Å². The van der Waals surface area contributed by atoms with E-state index in [0.717, 1.165) is 29.1 Å². The first-order chi connectivity index (χ1) is 10.6. The maximum Gasteiger partial charge on any atom is 0.310 e. The number of anilines is 1. The molecular weight excluding hydrogens is 318 g/mol. The summed E-state index contributed by atoms with van der Waals surface area (Å²) in [7, 11) is 1.38. The van der Waals surface area contributed by atoms with Crippen LogP contribution in [0.4, 0.5) is 5.69 Å². The third kappa shape index (κ3) is 4.68. The highest BCUT2D eigenvalue weighted by Gasteiger charge is 2.09. The standard InChI is InChI=1S/C17H18ClNO2S/c1-21-17(20)10-13-6-7-14(18)11-15(13)19-9-8-12-4-2-3-5-16(12)22/h2-7,11,19,22H,8-10H2,1H3. The average molecular weight is 336 g/mol. The Morgan fingerprint density at radius 1 is 1.23 bits per heavy atom. The number of rotatable bonds is 6. The molecule has 0 fully saturated rings. The van der Waals surface area contributed by atoms with Crippen molar-refractivity contribution in [3.8, 4) is 0 Å². The lowest BCUT2D eigenvalue weighted by molar-refractivity contribution is -0.139. The average Bonchev–Trinajstić information content (AvgIpc) is 2.51. The topological polar surface area (TPSA) is 38.3 Å². The molecule has 0 spiro atoms. The lowest BCUT2D eigenvalue weighted by Gasteiger charge is -2.13. The lowest BCUT2D eigenvalue weighted by Crippen LogP contribution is -2.10. The van der Waals surface area contributed by atoms with Crippen molar-refractivity contribution in [3.63, 3.8) is 0 Å². The predicted octanol–water partition coefficient (Wildman–Crippen LogP) is 4.00. The van der Waals surface area contributed by atoms with E-state index in [2.05, 4.69) is 24.0 Å². The van der Waals surface area contributed by atoms with Gasteiger partial charge in [0.1, 0.15) is 0 Å². The van der Waals surface area contributed by atoms with E-state index in [1.165, 1.54) is 12.7 Å². The van der Waals surface area contributed by atoms with Gasteiger partial charge in [0.2, 0.25) is 0 Å². The molecule has 0 heterocycles. The van der Waals surface area contributed by atoms with E-state index in [0.29, 0.717) is 5.02 Å². The molecule has 0 amide bonds. The van der Waals surface area contributed by atoms with Gasteiger partial charge < -0.3 is 10.1 Å². The number of methoxy groups -OCH3 is 1. The van der Waals surface area contributed by atoms with Gasteiger partial charge in [0, 0.05) is 22.2 Å².